The van der Waals surface area contributed by atoms with Gasteiger partial charge in [0.05, 0.1) is 6.04 Å². The second-order valence-electron chi connectivity index (χ2n) is 5.49. The van der Waals surface area contributed by atoms with Crippen LogP contribution in [-0.2, 0) is 4.79 Å². The molecule has 1 fully saturated rings. The monoisotopic (exact) mass is 309 g/mol. The van der Waals surface area contributed by atoms with E-state index in [0.29, 0.717) is 22.8 Å². The van der Waals surface area contributed by atoms with E-state index in [9.17, 15) is 9.59 Å². The average molecular weight is 310 g/mol. The van der Waals surface area contributed by atoms with E-state index in [0.717, 1.165) is 12.8 Å². The van der Waals surface area contributed by atoms with Crippen LogP contribution in [0.1, 0.15) is 36.5 Å². The Morgan fingerprint density at radius 1 is 1.48 bits per heavy atom. The van der Waals surface area contributed by atoms with Crippen molar-refractivity contribution in [1.29, 1.82) is 0 Å². The number of hydrogen-bond donors (Lipinski definition) is 2. The number of nitrogen functional groups attached to an aromatic ring is 1. The van der Waals surface area contributed by atoms with E-state index in [-0.39, 0.29) is 24.2 Å². The van der Waals surface area contributed by atoms with Crippen molar-refractivity contribution >= 4 is 29.0 Å². The van der Waals surface area contributed by atoms with Crippen LogP contribution in [0.3, 0.4) is 0 Å². The van der Waals surface area contributed by atoms with Gasteiger partial charge in [0.15, 0.2) is 5.78 Å². The molecule has 5 nitrogen and oxygen atoms in total. The van der Waals surface area contributed by atoms with Gasteiger partial charge in [-0.2, -0.15) is 0 Å². The third kappa shape index (κ3) is 3.54. The minimum Gasteiger partial charge on any atom is -0.398 e. The van der Waals surface area contributed by atoms with Crippen LogP contribution < -0.4 is 11.5 Å². The zero-order valence-corrected chi connectivity index (χ0v) is 12.8. The summed E-state index contributed by atoms with van der Waals surface area (Å²) in [6.07, 6.45) is 1.92. The van der Waals surface area contributed by atoms with Crippen LogP contribution in [0, 0.1) is 0 Å². The fourth-order valence-corrected chi connectivity index (χ4v) is 2.84. The lowest BCUT2D eigenvalue weighted by molar-refractivity contribution is -0.133. The van der Waals surface area contributed by atoms with Crippen molar-refractivity contribution in [2.75, 3.05) is 12.3 Å². The third-order valence-corrected chi connectivity index (χ3v) is 4.11. The van der Waals surface area contributed by atoms with Gasteiger partial charge >= 0.3 is 0 Å². The highest BCUT2D eigenvalue weighted by atomic mass is 35.5. The molecule has 1 amide bonds. The summed E-state index contributed by atoms with van der Waals surface area (Å²) in [5.74, 6) is -0.405. The van der Waals surface area contributed by atoms with Gasteiger partial charge in [0.25, 0.3) is 0 Å². The maximum atomic E-state index is 12.3. The molecule has 1 aliphatic rings. The van der Waals surface area contributed by atoms with Crippen molar-refractivity contribution < 1.29 is 9.59 Å². The Labute approximate surface area is 129 Å². The van der Waals surface area contributed by atoms with Crippen LogP contribution in [0.25, 0.3) is 0 Å². The van der Waals surface area contributed by atoms with Gasteiger partial charge in [-0.1, -0.05) is 11.6 Å². The van der Waals surface area contributed by atoms with E-state index in [1.54, 1.807) is 17.0 Å². The van der Waals surface area contributed by atoms with Gasteiger partial charge in [0.1, 0.15) is 0 Å². The minimum absolute atomic E-state index is 0.0477. The molecular formula is C15H20ClN3O2. The molecule has 0 aliphatic carbocycles. The van der Waals surface area contributed by atoms with Gasteiger partial charge in [-0.3, -0.25) is 9.59 Å². The van der Waals surface area contributed by atoms with E-state index < -0.39 is 6.04 Å². The van der Waals surface area contributed by atoms with Crippen LogP contribution >= 0.6 is 11.6 Å². The molecule has 1 aromatic carbocycles. The van der Waals surface area contributed by atoms with Gasteiger partial charge in [-0.15, -0.1) is 0 Å². The van der Waals surface area contributed by atoms with Crippen LogP contribution in [0.2, 0.25) is 5.02 Å². The molecule has 1 aromatic rings. The maximum absolute atomic E-state index is 12.3. The quantitative estimate of drug-likeness (QED) is 0.656. The molecule has 2 atom stereocenters. The SMILES string of the molecule is C[C@H]1CCCN1C(=O)C(N)CC(=O)c1ccc(Cl)cc1N. The first-order chi connectivity index (χ1) is 9.90. The number of Topliss-reactive ketones (excluding diaryl/α,β-unsaturated/α-hetero) is 1. The Bertz CT molecular complexity index is 562. The van der Waals surface area contributed by atoms with Gasteiger partial charge < -0.3 is 16.4 Å². The molecule has 0 saturated carbocycles. The molecule has 4 N–H and O–H groups in total. The molecule has 21 heavy (non-hydrogen) atoms. The number of carbonyl (C=O) groups excluding carboxylic acids is 2. The lowest BCUT2D eigenvalue weighted by atomic mass is 10.0. The molecule has 1 unspecified atom stereocenters. The normalized spacial score (nSPS) is 19.6. The smallest absolute Gasteiger partial charge is 0.240 e. The van der Waals surface area contributed by atoms with E-state index >= 15 is 0 Å². The lowest BCUT2D eigenvalue weighted by Gasteiger charge is -2.24. The van der Waals surface area contributed by atoms with Crippen molar-refractivity contribution in [3.05, 3.63) is 28.8 Å². The molecule has 1 saturated heterocycles. The number of likely N-dealkylation sites (tertiary alicyclic amines) is 1. The predicted molar refractivity (Wildman–Crippen MR) is 83.2 cm³/mol. The average Bonchev–Trinajstić information content (AvgIpc) is 2.83. The Hall–Kier alpha value is -1.59. The van der Waals surface area contributed by atoms with E-state index in [2.05, 4.69) is 0 Å². The second kappa shape index (κ2) is 6.45. The highest BCUT2D eigenvalue weighted by molar-refractivity contribution is 6.31. The number of benzene rings is 1. The zero-order chi connectivity index (χ0) is 15.6. The Kier molecular flexibility index (Phi) is 4.85. The number of hydrogen-bond acceptors (Lipinski definition) is 4. The number of halogens is 1. The summed E-state index contributed by atoms with van der Waals surface area (Å²) in [5.41, 5.74) is 12.3. The van der Waals surface area contributed by atoms with Gasteiger partial charge in [-0.05, 0) is 38.0 Å². The molecule has 2 rings (SSSR count). The molecule has 6 heteroatoms. The standard InChI is InChI=1S/C15H20ClN3O2/c1-9-3-2-6-19(9)15(21)13(18)8-14(20)11-5-4-10(16)7-12(11)17/h4-5,7,9,13H,2-3,6,8,17-18H2,1H3/t9-,13?/m0/s1. The first-order valence-electron chi connectivity index (χ1n) is 7.04. The number of nitrogens with zero attached hydrogens (tertiary/aromatic N) is 1. The first kappa shape index (κ1) is 15.8. The van der Waals surface area contributed by atoms with Crippen LogP contribution in [0.5, 0.6) is 0 Å². The van der Waals surface area contributed by atoms with Gasteiger partial charge in [-0.25, -0.2) is 0 Å². The summed E-state index contributed by atoms with van der Waals surface area (Å²) in [6, 6.07) is 4.05. The molecule has 1 aliphatic heterocycles. The summed E-state index contributed by atoms with van der Waals surface area (Å²) in [7, 11) is 0. The lowest BCUT2D eigenvalue weighted by Crippen LogP contribution is -2.46. The molecule has 0 bridgehead atoms. The van der Waals surface area contributed by atoms with E-state index in [1.807, 2.05) is 6.92 Å². The summed E-state index contributed by atoms with van der Waals surface area (Å²) in [4.78, 5) is 26.2. The molecule has 0 spiro atoms. The van der Waals surface area contributed by atoms with Gasteiger partial charge in [0, 0.05) is 35.3 Å². The van der Waals surface area contributed by atoms with Crippen molar-refractivity contribution in [1.82, 2.24) is 4.90 Å². The zero-order valence-electron chi connectivity index (χ0n) is 12.0. The predicted octanol–water partition coefficient (Wildman–Crippen LogP) is 1.83. The number of rotatable bonds is 4. The Morgan fingerprint density at radius 2 is 2.19 bits per heavy atom. The van der Waals surface area contributed by atoms with Crippen molar-refractivity contribution in [2.24, 2.45) is 5.73 Å². The Morgan fingerprint density at radius 3 is 2.76 bits per heavy atom. The van der Waals surface area contributed by atoms with Crippen LogP contribution in [0.4, 0.5) is 5.69 Å². The summed E-state index contributed by atoms with van der Waals surface area (Å²) < 4.78 is 0. The molecule has 1 heterocycles. The number of anilines is 1. The highest BCUT2D eigenvalue weighted by Crippen LogP contribution is 2.21. The van der Waals surface area contributed by atoms with Crippen molar-refractivity contribution in [2.45, 2.75) is 38.3 Å². The second-order valence-corrected chi connectivity index (χ2v) is 5.92. The van der Waals surface area contributed by atoms with Crippen molar-refractivity contribution in [3.8, 4) is 0 Å². The summed E-state index contributed by atoms with van der Waals surface area (Å²) >= 11 is 5.80. The maximum Gasteiger partial charge on any atom is 0.240 e. The van der Waals surface area contributed by atoms with Crippen molar-refractivity contribution in [3.63, 3.8) is 0 Å². The number of carbonyl (C=O) groups is 2. The number of nitrogens with two attached hydrogens (primary N) is 2. The van der Waals surface area contributed by atoms with E-state index in [1.165, 1.54) is 6.07 Å². The molecule has 0 aromatic heterocycles. The minimum atomic E-state index is -0.826. The summed E-state index contributed by atoms with van der Waals surface area (Å²) in [5, 5.41) is 0.468. The van der Waals surface area contributed by atoms with Crippen LogP contribution in [0.15, 0.2) is 18.2 Å². The molecule has 0 radical (unpaired) electrons. The number of ketones is 1. The summed E-state index contributed by atoms with van der Waals surface area (Å²) in [6.45, 7) is 2.71. The highest BCUT2D eigenvalue weighted by Gasteiger charge is 2.30. The fraction of sp³-hybridized carbons (Fsp3) is 0.467. The fourth-order valence-electron chi connectivity index (χ4n) is 2.66. The third-order valence-electron chi connectivity index (χ3n) is 3.87. The Balaban J connectivity index is 2.03. The largest absolute Gasteiger partial charge is 0.398 e. The van der Waals surface area contributed by atoms with E-state index in [4.69, 9.17) is 23.1 Å². The van der Waals surface area contributed by atoms with Crippen LogP contribution in [-0.4, -0.2) is 35.2 Å². The molecule has 114 valence electrons. The number of amides is 1. The first-order valence-corrected chi connectivity index (χ1v) is 7.42. The van der Waals surface area contributed by atoms with Gasteiger partial charge in [0.2, 0.25) is 5.91 Å². The molecular weight excluding hydrogens is 290 g/mol. The topological polar surface area (TPSA) is 89.4 Å².